The molecule has 0 aromatic rings. The maximum Gasteiger partial charge on any atom is 0.510 e. The minimum absolute atomic E-state index is 0.329. The summed E-state index contributed by atoms with van der Waals surface area (Å²) in [6, 6.07) is 0. The van der Waals surface area contributed by atoms with E-state index in [4.69, 9.17) is 9.90 Å². The fraction of sp³-hybridized carbons (Fsp3) is 0.333. The smallest absolute Gasteiger partial charge is 0.450 e. The summed E-state index contributed by atoms with van der Waals surface area (Å²) in [6.45, 7) is 1.25. The molecule has 0 rings (SSSR count). The summed E-state index contributed by atoms with van der Waals surface area (Å²) in [5.41, 5.74) is 0. The molecule has 0 aromatic carbocycles. The zero-order valence-electron chi connectivity index (χ0n) is 6.70. The molecule has 0 aliphatic rings. The lowest BCUT2D eigenvalue weighted by Crippen LogP contribution is -2.04. The molecule has 0 unspecified atom stereocenters. The van der Waals surface area contributed by atoms with Gasteiger partial charge in [0.15, 0.2) is 0 Å². The number of rotatable bonds is 2. The average Bonchev–Trinajstić information content (AvgIpc) is 1.83. The summed E-state index contributed by atoms with van der Waals surface area (Å²) in [5.74, 6) is -0.329. The fourth-order valence-corrected chi connectivity index (χ4v) is 0.194. The number of esters is 1. The molecule has 0 heterocycles. The van der Waals surface area contributed by atoms with Crippen LogP contribution in [0, 0.1) is 0 Å². The standard InChI is InChI=1S/C4H6O2.C2H2F2O3/c1-3-6-4(2)5;3-1(4)7-2(5)6/h3H,1H2,2H3;1H,(H,5,6). The van der Waals surface area contributed by atoms with Crippen molar-refractivity contribution in [2.24, 2.45) is 0 Å². The number of alkyl halides is 2. The van der Waals surface area contributed by atoms with Crippen molar-refractivity contribution in [3.63, 3.8) is 0 Å². The number of carbonyl (C=O) groups is 2. The van der Waals surface area contributed by atoms with Crippen LogP contribution in [0.3, 0.4) is 0 Å². The van der Waals surface area contributed by atoms with E-state index in [0.717, 1.165) is 6.26 Å². The molecule has 0 radical (unpaired) electrons. The second-order valence-electron chi connectivity index (χ2n) is 1.42. The molecule has 13 heavy (non-hydrogen) atoms. The third kappa shape index (κ3) is 25.2. The quantitative estimate of drug-likeness (QED) is 0.538. The SMILES string of the molecule is C=COC(C)=O.O=C(O)OC(F)F. The van der Waals surface area contributed by atoms with Gasteiger partial charge < -0.3 is 14.6 Å². The number of halogens is 2. The van der Waals surface area contributed by atoms with Gasteiger partial charge in [-0.15, -0.1) is 0 Å². The molecule has 7 heteroatoms. The molecular formula is C6H8F2O5. The number of carbonyl (C=O) groups excluding carboxylic acids is 1. The molecule has 0 aromatic heterocycles. The van der Waals surface area contributed by atoms with E-state index in [0.29, 0.717) is 0 Å². The fourth-order valence-electron chi connectivity index (χ4n) is 0.194. The van der Waals surface area contributed by atoms with E-state index in [1.165, 1.54) is 6.92 Å². The van der Waals surface area contributed by atoms with Crippen LogP contribution in [-0.4, -0.2) is 23.8 Å². The van der Waals surface area contributed by atoms with E-state index in [-0.39, 0.29) is 5.97 Å². The van der Waals surface area contributed by atoms with Crippen molar-refractivity contribution in [3.8, 4) is 0 Å². The van der Waals surface area contributed by atoms with Crippen molar-refractivity contribution in [2.45, 2.75) is 13.5 Å². The van der Waals surface area contributed by atoms with Crippen molar-refractivity contribution in [3.05, 3.63) is 12.8 Å². The molecule has 0 saturated carbocycles. The molecule has 76 valence electrons. The summed E-state index contributed by atoms with van der Waals surface area (Å²) in [4.78, 5) is 18.9. The lowest BCUT2D eigenvalue weighted by molar-refractivity contribution is -0.135. The van der Waals surface area contributed by atoms with Crippen LogP contribution in [0.1, 0.15) is 6.92 Å². The minimum Gasteiger partial charge on any atom is -0.450 e. The molecule has 0 aliphatic heterocycles. The van der Waals surface area contributed by atoms with Crippen molar-refractivity contribution in [1.29, 1.82) is 0 Å². The van der Waals surface area contributed by atoms with Crippen LogP contribution in [0.5, 0.6) is 0 Å². The summed E-state index contributed by atoms with van der Waals surface area (Å²) in [7, 11) is 0. The van der Waals surface area contributed by atoms with E-state index in [1.54, 1.807) is 0 Å². The van der Waals surface area contributed by atoms with Crippen molar-refractivity contribution in [1.82, 2.24) is 0 Å². The summed E-state index contributed by atoms with van der Waals surface area (Å²) >= 11 is 0. The first-order valence-corrected chi connectivity index (χ1v) is 2.86. The first-order chi connectivity index (χ1) is 5.90. The Balaban J connectivity index is 0. The maximum absolute atomic E-state index is 10.7. The van der Waals surface area contributed by atoms with Gasteiger partial charge >= 0.3 is 18.7 Å². The van der Waals surface area contributed by atoms with Crippen LogP contribution in [0.25, 0.3) is 0 Å². The van der Waals surface area contributed by atoms with Gasteiger partial charge in [-0.3, -0.25) is 4.79 Å². The van der Waals surface area contributed by atoms with E-state index >= 15 is 0 Å². The van der Waals surface area contributed by atoms with Crippen LogP contribution < -0.4 is 0 Å². The van der Waals surface area contributed by atoms with Crippen LogP contribution in [0.4, 0.5) is 13.6 Å². The Bertz CT molecular complexity index is 180. The van der Waals surface area contributed by atoms with E-state index in [1.807, 2.05) is 0 Å². The third-order valence-electron chi connectivity index (χ3n) is 0.439. The molecule has 0 amide bonds. The predicted octanol–water partition coefficient (Wildman–Crippen LogP) is 1.60. The van der Waals surface area contributed by atoms with Crippen LogP contribution in [0.15, 0.2) is 12.8 Å². The third-order valence-corrected chi connectivity index (χ3v) is 0.439. The molecule has 0 aliphatic carbocycles. The zero-order valence-corrected chi connectivity index (χ0v) is 6.70. The van der Waals surface area contributed by atoms with Gasteiger partial charge in [0.2, 0.25) is 0 Å². The minimum atomic E-state index is -3.22. The Morgan fingerprint density at radius 3 is 2.00 bits per heavy atom. The second-order valence-corrected chi connectivity index (χ2v) is 1.42. The highest BCUT2D eigenvalue weighted by molar-refractivity contribution is 5.66. The van der Waals surface area contributed by atoms with Crippen LogP contribution in [-0.2, 0) is 14.3 Å². The highest BCUT2D eigenvalue weighted by atomic mass is 19.3. The van der Waals surface area contributed by atoms with Gasteiger partial charge in [0, 0.05) is 6.92 Å². The number of hydrogen-bond donors (Lipinski definition) is 1. The summed E-state index contributed by atoms with van der Waals surface area (Å²) < 4.78 is 28.4. The summed E-state index contributed by atoms with van der Waals surface area (Å²) in [5, 5.41) is 7.38. The largest absolute Gasteiger partial charge is 0.510 e. The van der Waals surface area contributed by atoms with Gasteiger partial charge in [-0.2, -0.15) is 8.78 Å². The van der Waals surface area contributed by atoms with Crippen molar-refractivity contribution >= 4 is 12.1 Å². The Morgan fingerprint density at radius 2 is 2.00 bits per heavy atom. The lowest BCUT2D eigenvalue weighted by Gasteiger charge is -1.92. The van der Waals surface area contributed by atoms with Gasteiger partial charge in [0.1, 0.15) is 0 Å². The van der Waals surface area contributed by atoms with E-state index < -0.39 is 12.8 Å². The molecule has 5 nitrogen and oxygen atoms in total. The highest BCUT2D eigenvalue weighted by Crippen LogP contribution is 1.92. The number of carboxylic acid groups (broad SMARTS) is 1. The predicted molar refractivity (Wildman–Crippen MR) is 37.1 cm³/mol. The number of hydrogen-bond acceptors (Lipinski definition) is 4. The Kier molecular flexibility index (Phi) is 9.02. The first kappa shape index (κ1) is 13.9. The monoisotopic (exact) mass is 198 g/mol. The van der Waals surface area contributed by atoms with Gasteiger partial charge in [-0.25, -0.2) is 4.79 Å². The lowest BCUT2D eigenvalue weighted by atomic mass is 10.8. The highest BCUT2D eigenvalue weighted by Gasteiger charge is 2.05. The molecule has 0 bridgehead atoms. The van der Waals surface area contributed by atoms with Crippen molar-refractivity contribution < 1.29 is 33.0 Å². The Labute approximate surface area is 72.6 Å². The van der Waals surface area contributed by atoms with Crippen molar-refractivity contribution in [2.75, 3.05) is 0 Å². The van der Waals surface area contributed by atoms with Gasteiger partial charge in [-0.1, -0.05) is 6.58 Å². The van der Waals surface area contributed by atoms with Crippen LogP contribution >= 0.6 is 0 Å². The Morgan fingerprint density at radius 1 is 1.54 bits per heavy atom. The molecule has 0 spiro atoms. The maximum atomic E-state index is 10.7. The second kappa shape index (κ2) is 8.44. The van der Waals surface area contributed by atoms with Crippen LogP contribution in [0.2, 0.25) is 0 Å². The molecule has 1 N–H and O–H groups in total. The van der Waals surface area contributed by atoms with Gasteiger partial charge in [0.05, 0.1) is 6.26 Å². The van der Waals surface area contributed by atoms with Gasteiger partial charge in [-0.05, 0) is 0 Å². The summed E-state index contributed by atoms with van der Waals surface area (Å²) in [6.07, 6.45) is -0.863. The zero-order chi connectivity index (χ0) is 10.9. The first-order valence-electron chi connectivity index (χ1n) is 2.86. The normalized spacial score (nSPS) is 8.00. The molecule has 0 atom stereocenters. The number of ether oxygens (including phenoxy) is 2. The molecule has 0 fully saturated rings. The topological polar surface area (TPSA) is 72.8 Å². The van der Waals surface area contributed by atoms with E-state index in [9.17, 15) is 13.6 Å². The molecular weight excluding hydrogens is 190 g/mol. The molecule has 0 saturated heterocycles. The van der Waals surface area contributed by atoms with E-state index in [2.05, 4.69) is 16.1 Å². The van der Waals surface area contributed by atoms with Gasteiger partial charge in [0.25, 0.3) is 0 Å². The average molecular weight is 198 g/mol. The Hall–Kier alpha value is -1.66.